The van der Waals surface area contributed by atoms with E-state index in [9.17, 15) is 4.39 Å². The van der Waals surface area contributed by atoms with Gasteiger partial charge < -0.3 is 0 Å². The van der Waals surface area contributed by atoms with E-state index in [0.717, 1.165) is 24.3 Å². The van der Waals surface area contributed by atoms with Gasteiger partial charge in [0.25, 0.3) is 0 Å². The summed E-state index contributed by atoms with van der Waals surface area (Å²) in [6.07, 6.45) is 12.6. The molecular weight excluding hydrogens is 271 g/mol. The zero-order chi connectivity index (χ0) is 15.8. The van der Waals surface area contributed by atoms with Crippen molar-refractivity contribution in [1.82, 2.24) is 0 Å². The topological polar surface area (TPSA) is 0 Å². The molecule has 1 aliphatic carbocycles. The number of aryl methyl sites for hydroxylation is 1. The third kappa shape index (κ3) is 5.02. The van der Waals surface area contributed by atoms with Crippen molar-refractivity contribution in [3.63, 3.8) is 0 Å². The molecular formula is C21H27F. The highest BCUT2D eigenvalue weighted by Crippen LogP contribution is 2.31. The van der Waals surface area contributed by atoms with Gasteiger partial charge in [-0.05, 0) is 67.7 Å². The molecule has 0 unspecified atom stereocenters. The fourth-order valence-corrected chi connectivity index (χ4v) is 3.20. The van der Waals surface area contributed by atoms with Gasteiger partial charge >= 0.3 is 0 Å². The van der Waals surface area contributed by atoms with E-state index in [4.69, 9.17) is 0 Å². The van der Waals surface area contributed by atoms with Crippen molar-refractivity contribution in [3.05, 3.63) is 47.3 Å². The molecule has 22 heavy (non-hydrogen) atoms. The largest absolute Gasteiger partial charge is 0.206 e. The minimum absolute atomic E-state index is 0.199. The maximum absolute atomic E-state index is 13.9. The van der Waals surface area contributed by atoms with Crippen LogP contribution in [0.15, 0.2) is 30.4 Å². The molecule has 0 saturated heterocycles. The SMILES string of the molecule is CCCc1ccc(C#C/C=C/[C@H]2CC[C@H](CC)CC2)c(F)c1. The van der Waals surface area contributed by atoms with Crippen LogP contribution in [0.3, 0.4) is 0 Å². The Bertz CT molecular complexity index is 551. The second-order valence-electron chi connectivity index (χ2n) is 6.38. The van der Waals surface area contributed by atoms with Crippen LogP contribution in [-0.2, 0) is 6.42 Å². The monoisotopic (exact) mass is 298 g/mol. The van der Waals surface area contributed by atoms with Crippen LogP contribution in [0.1, 0.15) is 63.5 Å². The van der Waals surface area contributed by atoms with Crippen LogP contribution in [0.4, 0.5) is 4.39 Å². The van der Waals surface area contributed by atoms with Crippen LogP contribution in [0, 0.1) is 29.5 Å². The van der Waals surface area contributed by atoms with Gasteiger partial charge in [0.1, 0.15) is 5.82 Å². The van der Waals surface area contributed by atoms with Gasteiger partial charge in [0.05, 0.1) is 5.56 Å². The first-order valence-corrected chi connectivity index (χ1v) is 8.69. The van der Waals surface area contributed by atoms with Gasteiger partial charge in [-0.25, -0.2) is 4.39 Å². The van der Waals surface area contributed by atoms with Gasteiger partial charge in [-0.1, -0.05) is 50.7 Å². The molecule has 0 heterocycles. The van der Waals surface area contributed by atoms with Gasteiger partial charge in [0.15, 0.2) is 0 Å². The number of hydrogen-bond donors (Lipinski definition) is 0. The van der Waals surface area contributed by atoms with Gasteiger partial charge in [0.2, 0.25) is 0 Å². The first-order valence-electron chi connectivity index (χ1n) is 8.69. The third-order valence-corrected chi connectivity index (χ3v) is 4.70. The summed E-state index contributed by atoms with van der Waals surface area (Å²) in [4.78, 5) is 0. The Labute approximate surface area is 134 Å². The van der Waals surface area contributed by atoms with Crippen molar-refractivity contribution in [2.75, 3.05) is 0 Å². The van der Waals surface area contributed by atoms with E-state index in [2.05, 4.69) is 31.8 Å². The Morgan fingerprint density at radius 2 is 1.95 bits per heavy atom. The second kappa shape index (κ2) is 8.79. The van der Waals surface area contributed by atoms with Crippen LogP contribution in [-0.4, -0.2) is 0 Å². The van der Waals surface area contributed by atoms with Crippen LogP contribution in [0.2, 0.25) is 0 Å². The molecule has 1 aromatic rings. The molecule has 0 N–H and O–H groups in total. The first-order chi connectivity index (χ1) is 10.7. The Hall–Kier alpha value is -1.55. The maximum Gasteiger partial charge on any atom is 0.139 e. The highest BCUT2D eigenvalue weighted by molar-refractivity contribution is 5.39. The summed E-state index contributed by atoms with van der Waals surface area (Å²) in [5, 5.41) is 0. The average molecular weight is 298 g/mol. The van der Waals surface area contributed by atoms with Gasteiger partial charge in [0, 0.05) is 0 Å². The van der Waals surface area contributed by atoms with E-state index in [1.54, 1.807) is 12.1 Å². The maximum atomic E-state index is 13.9. The molecule has 0 amide bonds. The summed E-state index contributed by atoms with van der Waals surface area (Å²) in [7, 11) is 0. The second-order valence-corrected chi connectivity index (χ2v) is 6.38. The van der Waals surface area contributed by atoms with E-state index >= 15 is 0 Å². The summed E-state index contributed by atoms with van der Waals surface area (Å²) in [6, 6.07) is 5.39. The molecule has 0 spiro atoms. The molecule has 2 rings (SSSR count). The minimum Gasteiger partial charge on any atom is -0.206 e. The van der Waals surface area contributed by atoms with Crippen LogP contribution < -0.4 is 0 Å². The molecule has 0 bridgehead atoms. The van der Waals surface area contributed by atoms with Crippen molar-refractivity contribution < 1.29 is 4.39 Å². The summed E-state index contributed by atoms with van der Waals surface area (Å²) in [5.41, 5.74) is 1.55. The normalized spacial score (nSPS) is 21.6. The van der Waals surface area contributed by atoms with Crippen LogP contribution in [0.5, 0.6) is 0 Å². The lowest BCUT2D eigenvalue weighted by molar-refractivity contribution is 0.304. The van der Waals surface area contributed by atoms with Crippen molar-refractivity contribution in [2.24, 2.45) is 11.8 Å². The lowest BCUT2D eigenvalue weighted by Gasteiger charge is -2.25. The molecule has 1 fully saturated rings. The van der Waals surface area contributed by atoms with Gasteiger partial charge in [-0.3, -0.25) is 0 Å². The number of halogens is 1. The van der Waals surface area contributed by atoms with Crippen molar-refractivity contribution >= 4 is 0 Å². The Kier molecular flexibility index (Phi) is 6.72. The van der Waals surface area contributed by atoms with E-state index < -0.39 is 0 Å². The first kappa shape index (κ1) is 16.8. The van der Waals surface area contributed by atoms with E-state index in [-0.39, 0.29) is 5.82 Å². The quantitative estimate of drug-likeness (QED) is 0.607. The molecule has 1 aliphatic rings. The molecule has 0 nitrogen and oxygen atoms in total. The van der Waals surface area contributed by atoms with Crippen molar-refractivity contribution in [1.29, 1.82) is 0 Å². The predicted molar refractivity (Wildman–Crippen MR) is 92.2 cm³/mol. The molecule has 0 aromatic heterocycles. The predicted octanol–water partition coefficient (Wildman–Crippen LogP) is 5.90. The summed E-state index contributed by atoms with van der Waals surface area (Å²) < 4.78 is 13.9. The molecule has 0 aliphatic heterocycles. The standard InChI is InChI=1S/C21H27F/c1-3-7-19-14-15-20(21(22)16-19)9-6-5-8-18-12-10-17(4-2)11-13-18/h5,8,14-18H,3-4,7,10-13H2,1-2H3/b8-5+/t17-,18-. The Balaban J connectivity index is 1.89. The van der Waals surface area contributed by atoms with E-state index in [1.807, 2.05) is 12.1 Å². The van der Waals surface area contributed by atoms with Crippen LogP contribution in [0.25, 0.3) is 0 Å². The zero-order valence-electron chi connectivity index (χ0n) is 13.9. The number of rotatable bonds is 4. The summed E-state index contributed by atoms with van der Waals surface area (Å²) >= 11 is 0. The zero-order valence-corrected chi connectivity index (χ0v) is 13.9. The fraction of sp³-hybridized carbons (Fsp3) is 0.524. The van der Waals surface area contributed by atoms with E-state index in [0.29, 0.717) is 11.5 Å². The number of hydrogen-bond acceptors (Lipinski definition) is 0. The molecule has 118 valence electrons. The van der Waals surface area contributed by atoms with Crippen molar-refractivity contribution in [3.8, 4) is 11.8 Å². The molecule has 1 aromatic carbocycles. The molecule has 1 saturated carbocycles. The van der Waals surface area contributed by atoms with Crippen molar-refractivity contribution in [2.45, 2.75) is 58.8 Å². The third-order valence-electron chi connectivity index (χ3n) is 4.70. The van der Waals surface area contributed by atoms with Gasteiger partial charge in [-0.2, -0.15) is 0 Å². The number of benzene rings is 1. The fourth-order valence-electron chi connectivity index (χ4n) is 3.20. The Morgan fingerprint density at radius 1 is 1.18 bits per heavy atom. The molecule has 1 heteroatoms. The molecule has 0 radical (unpaired) electrons. The number of allylic oxidation sites excluding steroid dienone is 2. The lowest BCUT2D eigenvalue weighted by Crippen LogP contribution is -2.11. The van der Waals surface area contributed by atoms with Crippen LogP contribution >= 0.6 is 0 Å². The average Bonchev–Trinajstić information content (AvgIpc) is 2.54. The highest BCUT2D eigenvalue weighted by atomic mass is 19.1. The summed E-state index contributed by atoms with van der Waals surface area (Å²) in [5.74, 6) is 7.31. The molecule has 0 atom stereocenters. The smallest absolute Gasteiger partial charge is 0.139 e. The van der Waals surface area contributed by atoms with E-state index in [1.165, 1.54) is 32.1 Å². The lowest BCUT2D eigenvalue weighted by atomic mass is 9.81. The Morgan fingerprint density at radius 3 is 2.59 bits per heavy atom. The summed E-state index contributed by atoms with van der Waals surface area (Å²) in [6.45, 7) is 4.39. The van der Waals surface area contributed by atoms with Gasteiger partial charge in [-0.15, -0.1) is 0 Å². The highest BCUT2D eigenvalue weighted by Gasteiger charge is 2.17. The minimum atomic E-state index is -0.199.